The smallest absolute Gasteiger partial charge is 0.0678 e. The Balaban J connectivity index is 2.67. The van der Waals surface area contributed by atoms with Crippen molar-refractivity contribution in [3.8, 4) is 0 Å². The molecule has 0 saturated carbocycles. The molecule has 1 aliphatic heterocycles. The van der Waals surface area contributed by atoms with E-state index in [0.29, 0.717) is 12.0 Å². The number of rotatable bonds is 8. The molecular formula is C16H33NOS. The zero-order valence-electron chi connectivity index (χ0n) is 13.7. The van der Waals surface area contributed by atoms with Gasteiger partial charge in [0.05, 0.1) is 11.2 Å². The minimum atomic E-state index is -0.0122. The fraction of sp³-hybridized carbons (Fsp3) is 1.00. The van der Waals surface area contributed by atoms with Gasteiger partial charge in [0.25, 0.3) is 0 Å². The summed E-state index contributed by atoms with van der Waals surface area (Å²) in [6.45, 7) is 14.6. The molecule has 2 atom stereocenters. The van der Waals surface area contributed by atoms with E-state index < -0.39 is 0 Å². The highest BCUT2D eigenvalue weighted by Gasteiger charge is 2.48. The first-order valence-electron chi connectivity index (χ1n) is 7.83. The number of nitrogens with one attached hydrogen (secondary N) is 1. The minimum Gasteiger partial charge on any atom is -0.369 e. The number of hydrogen-bond donors (Lipinski definition) is 1. The van der Waals surface area contributed by atoms with E-state index in [9.17, 15) is 0 Å². The zero-order valence-corrected chi connectivity index (χ0v) is 14.5. The van der Waals surface area contributed by atoms with Crippen LogP contribution in [0.2, 0.25) is 0 Å². The SMILES string of the molecule is CCCNC(CSCCC)C1CC(C)(C)OC1(C)C. The van der Waals surface area contributed by atoms with Crippen molar-refractivity contribution in [2.45, 2.75) is 78.0 Å². The highest BCUT2D eigenvalue weighted by Crippen LogP contribution is 2.44. The Morgan fingerprint density at radius 3 is 2.37 bits per heavy atom. The van der Waals surface area contributed by atoms with Crippen LogP contribution >= 0.6 is 11.8 Å². The Labute approximate surface area is 124 Å². The van der Waals surface area contributed by atoms with Crippen LogP contribution in [0, 0.1) is 5.92 Å². The highest BCUT2D eigenvalue weighted by molar-refractivity contribution is 7.99. The molecule has 3 heteroatoms. The molecule has 0 aromatic carbocycles. The van der Waals surface area contributed by atoms with Crippen molar-refractivity contribution in [2.75, 3.05) is 18.1 Å². The Morgan fingerprint density at radius 2 is 1.89 bits per heavy atom. The van der Waals surface area contributed by atoms with Gasteiger partial charge in [-0.3, -0.25) is 0 Å². The van der Waals surface area contributed by atoms with Crippen molar-refractivity contribution in [3.05, 3.63) is 0 Å². The largest absolute Gasteiger partial charge is 0.369 e. The summed E-state index contributed by atoms with van der Waals surface area (Å²) < 4.78 is 6.27. The molecular weight excluding hydrogens is 254 g/mol. The van der Waals surface area contributed by atoms with E-state index in [4.69, 9.17) is 4.74 Å². The standard InChI is InChI=1S/C16H33NOS/c1-7-9-17-14(12-19-10-8-2)13-11-15(3,4)18-16(13,5)6/h13-14,17H,7-12H2,1-6H3. The van der Waals surface area contributed by atoms with Crippen LogP contribution in [0.3, 0.4) is 0 Å². The molecule has 1 N–H and O–H groups in total. The Kier molecular flexibility index (Phi) is 6.68. The molecule has 1 aliphatic rings. The number of thioether (sulfide) groups is 1. The van der Waals surface area contributed by atoms with E-state index in [2.05, 4.69) is 58.6 Å². The molecule has 0 amide bonds. The summed E-state index contributed by atoms with van der Waals surface area (Å²) in [5, 5.41) is 3.76. The fourth-order valence-corrected chi connectivity index (χ4v) is 4.29. The van der Waals surface area contributed by atoms with Crippen molar-refractivity contribution >= 4 is 11.8 Å². The van der Waals surface area contributed by atoms with E-state index in [-0.39, 0.29) is 11.2 Å². The molecule has 114 valence electrons. The average molecular weight is 288 g/mol. The highest BCUT2D eigenvalue weighted by atomic mass is 32.2. The van der Waals surface area contributed by atoms with Gasteiger partial charge in [-0.25, -0.2) is 0 Å². The second kappa shape index (κ2) is 7.33. The molecule has 1 rings (SSSR count). The quantitative estimate of drug-likeness (QED) is 0.679. The van der Waals surface area contributed by atoms with E-state index in [0.717, 1.165) is 13.0 Å². The first-order valence-corrected chi connectivity index (χ1v) is 8.99. The number of hydrogen-bond acceptors (Lipinski definition) is 3. The van der Waals surface area contributed by atoms with Crippen molar-refractivity contribution in [3.63, 3.8) is 0 Å². The molecule has 19 heavy (non-hydrogen) atoms. The monoisotopic (exact) mass is 287 g/mol. The lowest BCUT2D eigenvalue weighted by Gasteiger charge is -2.33. The molecule has 2 unspecified atom stereocenters. The van der Waals surface area contributed by atoms with Crippen LogP contribution < -0.4 is 5.32 Å². The molecule has 1 saturated heterocycles. The van der Waals surface area contributed by atoms with Crippen LogP contribution in [0.25, 0.3) is 0 Å². The average Bonchev–Trinajstić information content (AvgIpc) is 2.52. The van der Waals surface area contributed by atoms with Gasteiger partial charge < -0.3 is 10.1 Å². The van der Waals surface area contributed by atoms with E-state index in [1.165, 1.54) is 24.3 Å². The topological polar surface area (TPSA) is 21.3 Å². The second-order valence-electron chi connectivity index (χ2n) is 6.91. The second-order valence-corrected chi connectivity index (χ2v) is 8.06. The summed E-state index contributed by atoms with van der Waals surface area (Å²) in [6, 6.07) is 0.577. The summed E-state index contributed by atoms with van der Waals surface area (Å²) in [5.74, 6) is 3.08. The van der Waals surface area contributed by atoms with Crippen LogP contribution in [0.4, 0.5) is 0 Å². The lowest BCUT2D eigenvalue weighted by Crippen LogP contribution is -2.46. The lowest BCUT2D eigenvalue weighted by molar-refractivity contribution is -0.0769. The first-order chi connectivity index (χ1) is 8.82. The van der Waals surface area contributed by atoms with Gasteiger partial charge in [0.15, 0.2) is 0 Å². The van der Waals surface area contributed by atoms with Gasteiger partial charge in [-0.05, 0) is 59.3 Å². The molecule has 0 aromatic heterocycles. The van der Waals surface area contributed by atoms with Crippen LogP contribution in [0.15, 0.2) is 0 Å². The molecule has 0 spiro atoms. The minimum absolute atomic E-state index is 0.0122. The third-order valence-electron chi connectivity index (χ3n) is 3.93. The summed E-state index contributed by atoms with van der Waals surface area (Å²) in [5.41, 5.74) is 0.0113. The van der Waals surface area contributed by atoms with Crippen molar-refractivity contribution in [2.24, 2.45) is 5.92 Å². The van der Waals surface area contributed by atoms with Gasteiger partial charge in [0.2, 0.25) is 0 Å². The van der Waals surface area contributed by atoms with Crippen molar-refractivity contribution < 1.29 is 4.74 Å². The van der Waals surface area contributed by atoms with Gasteiger partial charge in [0.1, 0.15) is 0 Å². The van der Waals surface area contributed by atoms with Crippen molar-refractivity contribution in [1.82, 2.24) is 5.32 Å². The van der Waals surface area contributed by atoms with Gasteiger partial charge in [-0.1, -0.05) is 13.8 Å². The predicted molar refractivity (Wildman–Crippen MR) is 87.0 cm³/mol. The summed E-state index contributed by atoms with van der Waals surface area (Å²) >= 11 is 2.08. The third kappa shape index (κ3) is 5.28. The van der Waals surface area contributed by atoms with Gasteiger partial charge >= 0.3 is 0 Å². The van der Waals surface area contributed by atoms with Crippen LogP contribution in [0.5, 0.6) is 0 Å². The van der Waals surface area contributed by atoms with Gasteiger partial charge in [0, 0.05) is 17.7 Å². The van der Waals surface area contributed by atoms with Crippen LogP contribution in [0.1, 0.15) is 60.8 Å². The Morgan fingerprint density at radius 1 is 1.21 bits per heavy atom. The lowest BCUT2D eigenvalue weighted by atomic mass is 9.82. The van der Waals surface area contributed by atoms with Gasteiger partial charge in [-0.2, -0.15) is 11.8 Å². The van der Waals surface area contributed by atoms with E-state index >= 15 is 0 Å². The maximum atomic E-state index is 6.27. The number of ether oxygens (including phenoxy) is 1. The third-order valence-corrected chi connectivity index (χ3v) is 5.22. The molecule has 2 nitrogen and oxygen atoms in total. The molecule has 0 aromatic rings. The summed E-state index contributed by atoms with van der Waals surface area (Å²) in [6.07, 6.45) is 3.63. The molecule has 1 fully saturated rings. The van der Waals surface area contributed by atoms with E-state index in [1.807, 2.05) is 0 Å². The Hall–Kier alpha value is 0.270. The van der Waals surface area contributed by atoms with E-state index in [1.54, 1.807) is 0 Å². The maximum Gasteiger partial charge on any atom is 0.0678 e. The van der Waals surface area contributed by atoms with Crippen LogP contribution in [-0.4, -0.2) is 35.3 Å². The summed E-state index contributed by atoms with van der Waals surface area (Å²) in [4.78, 5) is 0. The molecule has 0 bridgehead atoms. The molecule has 1 heterocycles. The fourth-order valence-electron chi connectivity index (χ4n) is 3.23. The maximum absolute atomic E-state index is 6.27. The zero-order chi connectivity index (χ0) is 14.5. The van der Waals surface area contributed by atoms with Crippen molar-refractivity contribution in [1.29, 1.82) is 0 Å². The van der Waals surface area contributed by atoms with Crippen LogP contribution in [-0.2, 0) is 4.74 Å². The normalized spacial score (nSPS) is 26.5. The molecule has 0 radical (unpaired) electrons. The molecule has 0 aliphatic carbocycles. The van der Waals surface area contributed by atoms with Gasteiger partial charge in [-0.15, -0.1) is 0 Å². The predicted octanol–water partition coefficient (Wildman–Crippen LogP) is 4.09. The first kappa shape index (κ1) is 17.3. The Bertz CT molecular complexity index is 265. The summed E-state index contributed by atoms with van der Waals surface area (Å²) in [7, 11) is 0.